The first-order valence-electron chi connectivity index (χ1n) is 6.86. The standard InChI is InChI=1S/C9H19NO.C3H6N4S/c1-3-5-7-10(9-11)8-6-4-2;1-2-7-3(8)4-5-6-7/h9H,3-8H2,1-2H3;2H2,1H3,(H,4,6,8). The van der Waals surface area contributed by atoms with Crippen molar-refractivity contribution in [3.8, 4) is 0 Å². The summed E-state index contributed by atoms with van der Waals surface area (Å²) >= 11 is 4.74. The minimum absolute atomic E-state index is 0.507. The van der Waals surface area contributed by atoms with E-state index in [1.54, 1.807) is 4.68 Å². The summed E-state index contributed by atoms with van der Waals surface area (Å²) in [7, 11) is 0. The first-order chi connectivity index (χ1) is 9.19. The van der Waals surface area contributed by atoms with Gasteiger partial charge in [-0.2, -0.15) is 5.21 Å². The smallest absolute Gasteiger partial charge is 0.238 e. The van der Waals surface area contributed by atoms with Gasteiger partial charge in [0.2, 0.25) is 11.2 Å². The third kappa shape index (κ3) is 8.47. The summed E-state index contributed by atoms with van der Waals surface area (Å²) in [4.78, 5) is 12.3. The largest absolute Gasteiger partial charge is 0.345 e. The van der Waals surface area contributed by atoms with Crippen LogP contribution in [-0.2, 0) is 11.3 Å². The Labute approximate surface area is 120 Å². The summed E-state index contributed by atoms with van der Waals surface area (Å²) in [5.74, 6) is 0. The zero-order valence-electron chi connectivity index (χ0n) is 12.1. The van der Waals surface area contributed by atoms with Gasteiger partial charge in [-0.1, -0.05) is 37.0 Å². The summed E-state index contributed by atoms with van der Waals surface area (Å²) in [6.45, 7) is 8.91. The first-order valence-corrected chi connectivity index (χ1v) is 7.27. The van der Waals surface area contributed by atoms with Crippen molar-refractivity contribution in [2.75, 3.05) is 13.1 Å². The highest BCUT2D eigenvalue weighted by molar-refractivity contribution is 7.71. The molecule has 0 fully saturated rings. The van der Waals surface area contributed by atoms with Crippen LogP contribution in [0.1, 0.15) is 46.5 Å². The lowest BCUT2D eigenvalue weighted by atomic mass is 10.3. The lowest BCUT2D eigenvalue weighted by molar-refractivity contribution is -0.118. The van der Waals surface area contributed by atoms with Gasteiger partial charge in [-0.25, -0.2) is 4.68 Å². The summed E-state index contributed by atoms with van der Waals surface area (Å²) in [6, 6.07) is 0. The van der Waals surface area contributed by atoms with Gasteiger partial charge in [0.1, 0.15) is 0 Å². The molecule has 1 rings (SSSR count). The van der Waals surface area contributed by atoms with Gasteiger partial charge in [-0.3, -0.25) is 4.79 Å². The normalized spacial score (nSPS) is 9.63. The van der Waals surface area contributed by atoms with Crippen LogP contribution in [0.2, 0.25) is 0 Å². The predicted molar refractivity (Wildman–Crippen MR) is 78.3 cm³/mol. The zero-order valence-corrected chi connectivity index (χ0v) is 12.9. The maximum Gasteiger partial charge on any atom is 0.238 e. The van der Waals surface area contributed by atoms with Crippen molar-refractivity contribution in [1.29, 1.82) is 0 Å². The topological polar surface area (TPSA) is 66.8 Å². The second kappa shape index (κ2) is 11.8. The molecule has 0 radical (unpaired) electrons. The van der Waals surface area contributed by atoms with Crippen LogP contribution < -0.4 is 0 Å². The monoisotopic (exact) mass is 287 g/mol. The number of aromatic nitrogens is 4. The molecule has 1 amide bonds. The van der Waals surface area contributed by atoms with E-state index < -0.39 is 0 Å². The van der Waals surface area contributed by atoms with Crippen molar-refractivity contribution in [3.05, 3.63) is 4.77 Å². The molecule has 0 saturated carbocycles. The van der Waals surface area contributed by atoms with Gasteiger partial charge >= 0.3 is 0 Å². The van der Waals surface area contributed by atoms with E-state index in [-0.39, 0.29) is 0 Å². The van der Waals surface area contributed by atoms with Crippen LogP contribution in [0.15, 0.2) is 0 Å². The molecule has 0 aliphatic carbocycles. The molecule has 0 aliphatic rings. The average Bonchev–Trinajstić information content (AvgIpc) is 2.85. The van der Waals surface area contributed by atoms with Crippen LogP contribution in [0.5, 0.6) is 0 Å². The molecule has 1 heterocycles. The molecular formula is C12H25N5OS. The number of hydrogen-bond acceptors (Lipinski definition) is 4. The lowest BCUT2D eigenvalue weighted by Gasteiger charge is -2.15. The molecule has 110 valence electrons. The summed E-state index contributed by atoms with van der Waals surface area (Å²) < 4.78 is 2.18. The number of tetrazole rings is 1. The molecule has 6 nitrogen and oxygen atoms in total. The number of hydrogen-bond donors (Lipinski definition) is 1. The fourth-order valence-corrected chi connectivity index (χ4v) is 1.57. The van der Waals surface area contributed by atoms with Gasteiger partial charge in [0.15, 0.2) is 0 Å². The second-order valence-electron chi connectivity index (χ2n) is 4.18. The molecule has 0 atom stereocenters. The van der Waals surface area contributed by atoms with Gasteiger partial charge in [0.05, 0.1) is 0 Å². The molecule has 0 spiro atoms. The van der Waals surface area contributed by atoms with E-state index in [2.05, 4.69) is 29.4 Å². The SMILES string of the molecule is CCCCN(C=O)CCCC.CCn1[nH]nnc1=S. The lowest BCUT2D eigenvalue weighted by Crippen LogP contribution is -2.24. The summed E-state index contributed by atoms with van der Waals surface area (Å²) in [5.41, 5.74) is 0. The van der Waals surface area contributed by atoms with Crippen LogP contribution in [0.25, 0.3) is 0 Å². The average molecular weight is 287 g/mol. The predicted octanol–water partition coefficient (Wildman–Crippen LogP) is 2.40. The number of aryl methyl sites for hydroxylation is 1. The molecule has 1 aromatic heterocycles. The van der Waals surface area contributed by atoms with Gasteiger partial charge in [-0.05, 0) is 32.0 Å². The Hall–Kier alpha value is -1.24. The van der Waals surface area contributed by atoms with Crippen LogP contribution >= 0.6 is 12.2 Å². The van der Waals surface area contributed by atoms with E-state index >= 15 is 0 Å². The Balaban J connectivity index is 0.000000356. The Kier molecular flexibility index (Phi) is 11.1. The van der Waals surface area contributed by atoms with Crippen molar-refractivity contribution in [2.24, 2.45) is 0 Å². The van der Waals surface area contributed by atoms with Crippen molar-refractivity contribution < 1.29 is 4.79 Å². The number of carbonyl (C=O) groups excluding carboxylic acids is 1. The van der Waals surface area contributed by atoms with Crippen molar-refractivity contribution in [3.63, 3.8) is 0 Å². The Morgan fingerprint density at radius 2 is 1.84 bits per heavy atom. The number of unbranched alkanes of at least 4 members (excludes halogenated alkanes) is 2. The van der Waals surface area contributed by atoms with Crippen LogP contribution in [-0.4, -0.2) is 44.6 Å². The molecule has 0 unspecified atom stereocenters. The number of rotatable bonds is 8. The fourth-order valence-electron chi connectivity index (χ4n) is 1.36. The summed E-state index contributed by atoms with van der Waals surface area (Å²) in [6.07, 6.45) is 5.54. The molecular weight excluding hydrogens is 262 g/mol. The Bertz CT molecular complexity index is 368. The number of aromatic amines is 1. The van der Waals surface area contributed by atoms with E-state index in [1.165, 1.54) is 0 Å². The minimum atomic E-state index is 0.507. The molecule has 0 aromatic carbocycles. The number of H-pyrrole nitrogens is 1. The van der Waals surface area contributed by atoms with Gasteiger partial charge in [0.25, 0.3) is 0 Å². The van der Waals surface area contributed by atoms with E-state index in [4.69, 9.17) is 12.2 Å². The molecule has 0 aliphatic heterocycles. The number of nitrogens with one attached hydrogen (secondary N) is 1. The van der Waals surface area contributed by atoms with Crippen LogP contribution in [0, 0.1) is 4.77 Å². The minimum Gasteiger partial charge on any atom is -0.345 e. The zero-order chi connectivity index (χ0) is 14.5. The van der Waals surface area contributed by atoms with Crippen molar-refractivity contribution in [1.82, 2.24) is 25.1 Å². The third-order valence-corrected chi connectivity index (χ3v) is 2.90. The molecule has 0 saturated heterocycles. The van der Waals surface area contributed by atoms with Gasteiger partial charge in [-0.15, -0.1) is 0 Å². The molecule has 7 heteroatoms. The molecule has 19 heavy (non-hydrogen) atoms. The number of carbonyl (C=O) groups is 1. The van der Waals surface area contributed by atoms with Gasteiger partial charge in [0, 0.05) is 19.6 Å². The van der Waals surface area contributed by atoms with Crippen LogP contribution in [0.4, 0.5) is 0 Å². The van der Waals surface area contributed by atoms with Gasteiger partial charge < -0.3 is 4.90 Å². The van der Waals surface area contributed by atoms with E-state index in [9.17, 15) is 4.79 Å². The highest BCUT2D eigenvalue weighted by atomic mass is 32.1. The number of nitrogens with zero attached hydrogens (tertiary/aromatic N) is 4. The fraction of sp³-hybridized carbons (Fsp3) is 0.833. The first kappa shape index (κ1) is 17.8. The second-order valence-corrected chi connectivity index (χ2v) is 4.54. The maximum absolute atomic E-state index is 10.4. The molecule has 0 bridgehead atoms. The molecule has 1 aromatic rings. The maximum atomic E-state index is 10.4. The Morgan fingerprint density at radius 3 is 2.11 bits per heavy atom. The highest BCUT2D eigenvalue weighted by Crippen LogP contribution is 1.95. The Morgan fingerprint density at radius 1 is 1.26 bits per heavy atom. The quantitative estimate of drug-likeness (QED) is 0.589. The molecule has 1 N–H and O–H groups in total. The number of amides is 1. The third-order valence-electron chi connectivity index (χ3n) is 2.59. The van der Waals surface area contributed by atoms with Crippen molar-refractivity contribution >= 4 is 18.6 Å². The van der Waals surface area contributed by atoms with Crippen LogP contribution in [0.3, 0.4) is 0 Å². The van der Waals surface area contributed by atoms with Crippen molar-refractivity contribution in [2.45, 2.75) is 53.0 Å². The summed E-state index contributed by atoms with van der Waals surface area (Å²) in [5, 5.41) is 9.64. The van der Waals surface area contributed by atoms with E-state index in [0.29, 0.717) is 4.77 Å². The van der Waals surface area contributed by atoms with E-state index in [1.807, 2.05) is 11.8 Å². The van der Waals surface area contributed by atoms with E-state index in [0.717, 1.165) is 51.7 Å². The highest BCUT2D eigenvalue weighted by Gasteiger charge is 1.97.